The first kappa shape index (κ1) is 14.2. The zero-order chi connectivity index (χ0) is 13.8. The molecule has 1 heterocycles. The van der Waals surface area contributed by atoms with Crippen molar-refractivity contribution in [2.75, 3.05) is 5.32 Å². The van der Waals surface area contributed by atoms with Crippen LogP contribution in [0.25, 0.3) is 0 Å². The topological polar surface area (TPSA) is 34.0 Å². The molecule has 0 spiro atoms. The maximum atomic E-state index is 11.7. The Balaban J connectivity index is 2.09. The van der Waals surface area contributed by atoms with Gasteiger partial charge >= 0.3 is 0 Å². The Bertz CT molecular complexity index is 466. The number of aryl methyl sites for hydroxylation is 1. The van der Waals surface area contributed by atoms with Crippen LogP contribution in [0.1, 0.15) is 46.5 Å². The first-order chi connectivity index (χ1) is 9.10. The Morgan fingerprint density at radius 3 is 2.84 bits per heavy atom. The van der Waals surface area contributed by atoms with Gasteiger partial charge in [0.25, 0.3) is 5.56 Å². The van der Waals surface area contributed by atoms with E-state index >= 15 is 0 Å². The summed E-state index contributed by atoms with van der Waals surface area (Å²) in [6.45, 7) is 7.55. The van der Waals surface area contributed by atoms with Gasteiger partial charge in [-0.25, -0.2) is 0 Å². The summed E-state index contributed by atoms with van der Waals surface area (Å²) >= 11 is 0. The SMILES string of the molecule is CCCn1cc(NC2CC(C)CCC2C)ccc1=O. The van der Waals surface area contributed by atoms with Crippen LogP contribution >= 0.6 is 0 Å². The molecular weight excluding hydrogens is 236 g/mol. The highest BCUT2D eigenvalue weighted by molar-refractivity contribution is 5.41. The smallest absolute Gasteiger partial charge is 0.250 e. The van der Waals surface area contributed by atoms with Crippen LogP contribution in [0.3, 0.4) is 0 Å². The van der Waals surface area contributed by atoms with E-state index in [0.717, 1.165) is 24.6 Å². The van der Waals surface area contributed by atoms with Crippen molar-refractivity contribution in [2.24, 2.45) is 11.8 Å². The second kappa shape index (κ2) is 6.27. The van der Waals surface area contributed by atoms with Gasteiger partial charge < -0.3 is 9.88 Å². The number of pyridine rings is 1. The lowest BCUT2D eigenvalue weighted by atomic mass is 9.80. The first-order valence-electron chi connectivity index (χ1n) is 7.57. The zero-order valence-electron chi connectivity index (χ0n) is 12.4. The Labute approximate surface area is 116 Å². The van der Waals surface area contributed by atoms with E-state index in [4.69, 9.17) is 0 Å². The van der Waals surface area contributed by atoms with Crippen LogP contribution in [-0.4, -0.2) is 10.6 Å². The largest absolute Gasteiger partial charge is 0.381 e. The summed E-state index contributed by atoms with van der Waals surface area (Å²) < 4.78 is 1.80. The maximum absolute atomic E-state index is 11.7. The summed E-state index contributed by atoms with van der Waals surface area (Å²) in [5.41, 5.74) is 1.18. The molecule has 106 valence electrons. The standard InChI is InChI=1S/C16H26N2O/c1-4-9-18-11-14(7-8-16(18)19)17-15-10-12(2)5-6-13(15)3/h7-8,11-13,15,17H,4-6,9-10H2,1-3H3. The Morgan fingerprint density at radius 2 is 2.11 bits per heavy atom. The minimum absolute atomic E-state index is 0.0949. The van der Waals surface area contributed by atoms with Crippen LogP contribution in [0.2, 0.25) is 0 Å². The van der Waals surface area contributed by atoms with Crippen molar-refractivity contribution >= 4 is 5.69 Å². The van der Waals surface area contributed by atoms with E-state index < -0.39 is 0 Å². The highest BCUT2D eigenvalue weighted by atomic mass is 16.1. The molecule has 0 aliphatic heterocycles. The first-order valence-corrected chi connectivity index (χ1v) is 7.57. The fourth-order valence-corrected chi connectivity index (χ4v) is 2.98. The number of rotatable bonds is 4. The van der Waals surface area contributed by atoms with Gasteiger partial charge in [-0.05, 0) is 37.2 Å². The van der Waals surface area contributed by atoms with Gasteiger partial charge in [0, 0.05) is 24.8 Å². The predicted octanol–water partition coefficient (Wildman–Crippen LogP) is 3.49. The van der Waals surface area contributed by atoms with Gasteiger partial charge in [0.2, 0.25) is 0 Å². The fraction of sp³-hybridized carbons (Fsp3) is 0.688. The molecule has 1 aliphatic rings. The lowest BCUT2D eigenvalue weighted by Crippen LogP contribution is -2.34. The Morgan fingerprint density at radius 1 is 1.32 bits per heavy atom. The van der Waals surface area contributed by atoms with Gasteiger partial charge in [0.05, 0.1) is 5.69 Å². The normalized spacial score (nSPS) is 27.2. The van der Waals surface area contributed by atoms with Gasteiger partial charge in [-0.3, -0.25) is 4.79 Å². The van der Waals surface area contributed by atoms with Crippen molar-refractivity contribution in [3.63, 3.8) is 0 Å². The molecule has 2 rings (SSSR count). The molecule has 1 saturated carbocycles. The fourth-order valence-electron chi connectivity index (χ4n) is 2.98. The second-order valence-corrected chi connectivity index (χ2v) is 6.10. The van der Waals surface area contributed by atoms with Gasteiger partial charge in [-0.15, -0.1) is 0 Å². The molecule has 0 aromatic carbocycles. The summed E-state index contributed by atoms with van der Waals surface area (Å²) in [6, 6.07) is 4.13. The average molecular weight is 262 g/mol. The summed E-state index contributed by atoms with van der Waals surface area (Å²) in [6.07, 6.45) is 6.83. The Hall–Kier alpha value is -1.25. The van der Waals surface area contributed by atoms with Gasteiger partial charge in [-0.1, -0.05) is 27.2 Å². The number of anilines is 1. The molecule has 3 nitrogen and oxygen atoms in total. The van der Waals surface area contributed by atoms with Crippen molar-refractivity contribution in [3.8, 4) is 0 Å². The van der Waals surface area contributed by atoms with Crippen LogP contribution in [0, 0.1) is 11.8 Å². The molecule has 0 amide bonds. The molecule has 1 N–H and O–H groups in total. The van der Waals surface area contributed by atoms with Gasteiger partial charge in [-0.2, -0.15) is 0 Å². The molecule has 1 aromatic heterocycles. The molecule has 0 radical (unpaired) electrons. The zero-order valence-corrected chi connectivity index (χ0v) is 12.4. The van der Waals surface area contributed by atoms with Gasteiger partial charge in [0.1, 0.15) is 0 Å². The van der Waals surface area contributed by atoms with E-state index in [2.05, 4.69) is 26.1 Å². The van der Waals surface area contributed by atoms with Crippen molar-refractivity contribution < 1.29 is 0 Å². The van der Waals surface area contributed by atoms with Crippen LogP contribution in [0.15, 0.2) is 23.1 Å². The molecule has 0 bridgehead atoms. The molecule has 1 aliphatic carbocycles. The minimum atomic E-state index is 0.0949. The van der Waals surface area contributed by atoms with Crippen LogP contribution in [-0.2, 0) is 6.54 Å². The summed E-state index contributed by atoms with van der Waals surface area (Å²) in [4.78, 5) is 11.7. The molecule has 3 heteroatoms. The van der Waals surface area contributed by atoms with E-state index in [1.165, 1.54) is 19.3 Å². The van der Waals surface area contributed by atoms with Gasteiger partial charge in [0.15, 0.2) is 0 Å². The Kier molecular flexibility index (Phi) is 4.67. The monoisotopic (exact) mass is 262 g/mol. The molecule has 1 aromatic rings. The third kappa shape index (κ3) is 3.62. The van der Waals surface area contributed by atoms with E-state index in [0.29, 0.717) is 12.0 Å². The summed E-state index contributed by atoms with van der Waals surface area (Å²) in [5.74, 6) is 1.51. The number of hydrogen-bond acceptors (Lipinski definition) is 2. The van der Waals surface area contributed by atoms with Crippen molar-refractivity contribution in [3.05, 3.63) is 28.7 Å². The van der Waals surface area contributed by atoms with Crippen molar-refractivity contribution in [2.45, 2.75) is 59.0 Å². The minimum Gasteiger partial charge on any atom is -0.381 e. The van der Waals surface area contributed by atoms with Crippen molar-refractivity contribution in [1.29, 1.82) is 0 Å². The van der Waals surface area contributed by atoms with E-state index in [1.807, 2.05) is 12.3 Å². The average Bonchev–Trinajstić information content (AvgIpc) is 2.38. The number of hydrogen-bond donors (Lipinski definition) is 1. The number of nitrogens with one attached hydrogen (secondary N) is 1. The predicted molar refractivity (Wildman–Crippen MR) is 80.6 cm³/mol. The van der Waals surface area contributed by atoms with E-state index in [1.54, 1.807) is 10.6 Å². The highest BCUT2D eigenvalue weighted by Gasteiger charge is 2.25. The highest BCUT2D eigenvalue weighted by Crippen LogP contribution is 2.30. The second-order valence-electron chi connectivity index (χ2n) is 6.10. The van der Waals surface area contributed by atoms with E-state index in [9.17, 15) is 4.79 Å². The molecular formula is C16H26N2O. The van der Waals surface area contributed by atoms with Crippen LogP contribution < -0.4 is 10.9 Å². The molecule has 19 heavy (non-hydrogen) atoms. The molecule has 3 unspecified atom stereocenters. The van der Waals surface area contributed by atoms with E-state index in [-0.39, 0.29) is 5.56 Å². The molecule has 1 fully saturated rings. The summed E-state index contributed by atoms with van der Waals surface area (Å²) in [7, 11) is 0. The number of nitrogens with zero attached hydrogens (tertiary/aromatic N) is 1. The maximum Gasteiger partial charge on any atom is 0.250 e. The van der Waals surface area contributed by atoms with Crippen LogP contribution in [0.4, 0.5) is 5.69 Å². The third-order valence-corrected chi connectivity index (χ3v) is 4.26. The van der Waals surface area contributed by atoms with Crippen molar-refractivity contribution in [1.82, 2.24) is 4.57 Å². The quantitative estimate of drug-likeness (QED) is 0.901. The lowest BCUT2D eigenvalue weighted by Gasteiger charge is -2.34. The van der Waals surface area contributed by atoms with Crippen LogP contribution in [0.5, 0.6) is 0 Å². The molecule has 3 atom stereocenters. The third-order valence-electron chi connectivity index (χ3n) is 4.26. The summed E-state index contributed by atoms with van der Waals surface area (Å²) in [5, 5.41) is 3.63. The lowest BCUT2D eigenvalue weighted by molar-refractivity contribution is 0.280. The molecule has 0 saturated heterocycles. The number of aromatic nitrogens is 1.